The fourth-order valence-corrected chi connectivity index (χ4v) is 5.37. The minimum absolute atomic E-state index is 0.225. The second kappa shape index (κ2) is 11.0. The Morgan fingerprint density at radius 1 is 0.571 bits per heavy atom. The number of nitrogens with one attached hydrogen (secondary N) is 2. The normalized spacial score (nSPS) is 12.8. The van der Waals surface area contributed by atoms with Crippen LogP contribution in [0.2, 0.25) is 0 Å². The van der Waals surface area contributed by atoms with Gasteiger partial charge in [0.2, 0.25) is 0 Å². The Labute approximate surface area is 243 Å². The largest absolute Gasteiger partial charge is 0.504 e. The number of nitrogens with zero attached hydrogens (tertiary/aromatic N) is 2. The Bertz CT molecular complexity index is 1720. The number of aryl methyl sites for hydroxylation is 4. The fraction of sp³-hybridized carbons (Fsp3) is 0.176. The van der Waals surface area contributed by atoms with Crippen LogP contribution in [0.1, 0.15) is 57.0 Å². The molecule has 4 aromatic carbocycles. The molecule has 0 saturated carbocycles. The summed E-state index contributed by atoms with van der Waals surface area (Å²) in [6.45, 7) is 7.69. The van der Waals surface area contributed by atoms with Gasteiger partial charge in [-0.15, -0.1) is 0 Å². The van der Waals surface area contributed by atoms with Crippen LogP contribution in [0.4, 0.5) is 11.6 Å². The van der Waals surface area contributed by atoms with E-state index in [-0.39, 0.29) is 11.5 Å². The highest BCUT2D eigenvalue weighted by molar-refractivity contribution is 5.95. The van der Waals surface area contributed by atoms with Gasteiger partial charge in [0.05, 0.1) is 12.1 Å². The zero-order valence-corrected chi connectivity index (χ0v) is 23.8. The molecule has 0 aliphatic heterocycles. The first-order valence-electron chi connectivity index (χ1n) is 13.8. The topological polar surface area (TPSA) is 117 Å². The lowest BCUT2D eigenvalue weighted by molar-refractivity contribution is 0.393. The van der Waals surface area contributed by atoms with Gasteiger partial charge >= 0.3 is 0 Å². The molecule has 0 spiro atoms. The van der Waals surface area contributed by atoms with Gasteiger partial charge < -0.3 is 29.9 Å². The number of hydrogen-bond donors (Lipinski definition) is 4. The molecule has 8 heteroatoms. The van der Waals surface area contributed by atoms with Gasteiger partial charge in [-0.3, -0.25) is 0 Å². The molecule has 4 N–H and O–H groups in total. The van der Waals surface area contributed by atoms with Crippen molar-refractivity contribution in [2.24, 2.45) is 0 Å². The van der Waals surface area contributed by atoms with Crippen LogP contribution in [0.5, 0.6) is 11.5 Å². The number of benzene rings is 4. The summed E-state index contributed by atoms with van der Waals surface area (Å²) >= 11 is 0. The van der Waals surface area contributed by atoms with Crippen LogP contribution in [-0.2, 0) is 0 Å². The zero-order valence-electron chi connectivity index (χ0n) is 23.8. The molecule has 6 rings (SSSR count). The molecule has 212 valence electrons. The molecule has 0 radical (unpaired) electrons. The third-order valence-corrected chi connectivity index (χ3v) is 7.48. The smallest absolute Gasteiger partial charge is 0.170 e. The van der Waals surface area contributed by atoms with Crippen molar-refractivity contribution in [2.45, 2.75) is 39.8 Å². The van der Waals surface area contributed by atoms with Gasteiger partial charge in [0.15, 0.2) is 23.1 Å². The number of anilines is 2. The average Bonchev–Trinajstić information content (AvgIpc) is 3.60. The summed E-state index contributed by atoms with van der Waals surface area (Å²) in [6, 6.07) is 26.3. The lowest BCUT2D eigenvalue weighted by Crippen LogP contribution is -2.17. The molecule has 0 bridgehead atoms. The quantitative estimate of drug-likeness (QED) is 0.139. The molecule has 0 saturated heterocycles. The number of phenolic OH excluding ortho intramolecular Hbond substituents is 2. The van der Waals surface area contributed by atoms with Crippen LogP contribution in [0, 0.1) is 27.7 Å². The van der Waals surface area contributed by atoms with Crippen molar-refractivity contribution < 1.29 is 19.3 Å². The molecule has 0 aliphatic carbocycles. The third-order valence-electron chi connectivity index (χ3n) is 7.48. The van der Waals surface area contributed by atoms with Gasteiger partial charge in [-0.25, -0.2) is 0 Å². The van der Waals surface area contributed by atoms with E-state index >= 15 is 0 Å². The number of aromatic nitrogens is 2. The number of hydrogen-bond acceptors (Lipinski definition) is 8. The first-order chi connectivity index (χ1) is 20.3. The average molecular weight is 561 g/mol. The molecule has 0 aliphatic rings. The maximum Gasteiger partial charge on any atom is 0.170 e. The van der Waals surface area contributed by atoms with Crippen LogP contribution < -0.4 is 10.6 Å². The van der Waals surface area contributed by atoms with E-state index < -0.39 is 12.1 Å². The number of fused-ring (bicyclic) bond motifs is 1. The molecule has 8 nitrogen and oxygen atoms in total. The summed E-state index contributed by atoms with van der Waals surface area (Å²) < 4.78 is 10.6. The molecular weight excluding hydrogens is 528 g/mol. The number of aromatic hydroxyl groups is 2. The molecule has 0 amide bonds. The van der Waals surface area contributed by atoms with E-state index in [0.717, 1.165) is 33.0 Å². The Hall–Kier alpha value is -5.24. The van der Waals surface area contributed by atoms with E-state index in [1.165, 1.54) is 0 Å². The number of rotatable bonds is 8. The van der Waals surface area contributed by atoms with Gasteiger partial charge in [0.1, 0.15) is 11.5 Å². The van der Waals surface area contributed by atoms with Crippen LogP contribution in [0.15, 0.2) is 94.0 Å². The summed E-state index contributed by atoms with van der Waals surface area (Å²) in [5, 5.41) is 40.4. The fourth-order valence-electron chi connectivity index (χ4n) is 5.37. The van der Waals surface area contributed by atoms with Crippen LogP contribution >= 0.6 is 0 Å². The van der Waals surface area contributed by atoms with Crippen LogP contribution in [-0.4, -0.2) is 20.5 Å². The third kappa shape index (κ3) is 5.14. The summed E-state index contributed by atoms with van der Waals surface area (Å²) in [4.78, 5) is 0. The van der Waals surface area contributed by atoms with Crippen LogP contribution in [0.3, 0.4) is 0 Å². The first-order valence-corrected chi connectivity index (χ1v) is 13.8. The van der Waals surface area contributed by atoms with Gasteiger partial charge in [-0.1, -0.05) is 94.2 Å². The molecule has 42 heavy (non-hydrogen) atoms. The maximum atomic E-state index is 11.9. The number of phenols is 2. The first kappa shape index (κ1) is 27.0. The lowest BCUT2D eigenvalue weighted by atomic mass is 9.86. The van der Waals surface area contributed by atoms with Crippen molar-refractivity contribution in [1.29, 1.82) is 0 Å². The highest BCUT2D eigenvalue weighted by Gasteiger charge is 2.30. The van der Waals surface area contributed by atoms with E-state index in [9.17, 15) is 10.2 Å². The highest BCUT2D eigenvalue weighted by Crippen LogP contribution is 2.49. The van der Waals surface area contributed by atoms with Gasteiger partial charge in [0.25, 0.3) is 0 Å². The molecule has 0 unspecified atom stereocenters. The van der Waals surface area contributed by atoms with E-state index in [1.54, 1.807) is 12.1 Å². The minimum atomic E-state index is -0.552. The zero-order chi connectivity index (χ0) is 29.4. The molecule has 2 heterocycles. The monoisotopic (exact) mass is 560 g/mol. The van der Waals surface area contributed by atoms with Crippen molar-refractivity contribution in [3.05, 3.63) is 130 Å². The molecule has 0 fully saturated rings. The molecule has 6 aromatic rings. The summed E-state index contributed by atoms with van der Waals surface area (Å²) in [5.74, 6) is 1.90. The molecule has 2 aromatic heterocycles. The van der Waals surface area contributed by atoms with E-state index in [1.807, 2.05) is 100 Å². The van der Waals surface area contributed by atoms with E-state index in [0.29, 0.717) is 34.3 Å². The maximum absolute atomic E-state index is 11.9. The minimum Gasteiger partial charge on any atom is -0.504 e. The lowest BCUT2D eigenvalue weighted by Gasteiger charge is -2.27. The standard InChI is InChI=1S/C34H32N4O4/c1-19-9-13-23(14-10-19)31(35-27-17-21(3)41-37-27)29-25-7-5-6-8-26(25)30(34(40)33(29)39)32(24-15-11-20(2)12-16-24)36-28-18-22(4)42-38-28/h5-18,31-32,39-40H,1-4H3,(H,35,37)(H,36,38)/t31-,32-/m0/s1. The predicted octanol–water partition coefficient (Wildman–Crippen LogP) is 7.86. The van der Waals surface area contributed by atoms with E-state index in [2.05, 4.69) is 20.9 Å². The SMILES string of the molecule is Cc1ccc([C@H](Nc2cc(C)on2)c2c(O)c(O)c([C@@H](Nc3cc(C)on3)c3ccc(C)cc3)c3ccccc23)cc1. The summed E-state index contributed by atoms with van der Waals surface area (Å²) in [6.07, 6.45) is 0. The Morgan fingerprint density at radius 2 is 0.952 bits per heavy atom. The van der Waals surface area contributed by atoms with Crippen molar-refractivity contribution in [3.8, 4) is 11.5 Å². The van der Waals surface area contributed by atoms with Crippen molar-refractivity contribution in [3.63, 3.8) is 0 Å². The summed E-state index contributed by atoms with van der Waals surface area (Å²) in [7, 11) is 0. The molecule has 2 atom stereocenters. The van der Waals surface area contributed by atoms with E-state index in [4.69, 9.17) is 9.05 Å². The molecular formula is C34H32N4O4. The Balaban J connectivity index is 1.58. The second-order valence-electron chi connectivity index (χ2n) is 10.7. The Morgan fingerprint density at radius 3 is 1.29 bits per heavy atom. The van der Waals surface area contributed by atoms with Crippen molar-refractivity contribution in [2.75, 3.05) is 10.6 Å². The van der Waals surface area contributed by atoms with Crippen LogP contribution in [0.25, 0.3) is 10.8 Å². The van der Waals surface area contributed by atoms with Gasteiger partial charge in [-0.2, -0.15) is 0 Å². The van der Waals surface area contributed by atoms with Gasteiger partial charge in [-0.05, 0) is 49.6 Å². The van der Waals surface area contributed by atoms with Crippen molar-refractivity contribution >= 4 is 22.4 Å². The summed E-state index contributed by atoms with van der Waals surface area (Å²) in [5.41, 5.74) is 5.04. The highest BCUT2D eigenvalue weighted by atomic mass is 16.5. The predicted molar refractivity (Wildman–Crippen MR) is 163 cm³/mol. The van der Waals surface area contributed by atoms with Crippen molar-refractivity contribution in [1.82, 2.24) is 10.3 Å². The second-order valence-corrected chi connectivity index (χ2v) is 10.7. The Kier molecular flexibility index (Phi) is 7.04. The van der Waals surface area contributed by atoms with Gasteiger partial charge in [0, 0.05) is 23.3 Å².